The molecule has 0 fully saturated rings. The van der Waals surface area contributed by atoms with Crippen LogP contribution >= 0.6 is 22.6 Å². The van der Waals surface area contributed by atoms with E-state index in [0.717, 1.165) is 14.7 Å². The second kappa shape index (κ2) is 6.65. The molecule has 1 atom stereocenters. The summed E-state index contributed by atoms with van der Waals surface area (Å²) in [6.07, 6.45) is -4.05. The van der Waals surface area contributed by atoms with Gasteiger partial charge in [-0.25, -0.2) is 0 Å². The fourth-order valence-electron chi connectivity index (χ4n) is 1.91. The van der Waals surface area contributed by atoms with Crippen LogP contribution in [-0.4, -0.2) is 6.36 Å². The minimum Gasteiger partial charge on any atom is -0.406 e. The molecule has 2 nitrogen and oxygen atoms in total. The molecule has 21 heavy (non-hydrogen) atoms. The van der Waals surface area contributed by atoms with Crippen LogP contribution in [0.15, 0.2) is 48.5 Å². The quantitative estimate of drug-likeness (QED) is 0.762. The molecule has 0 aliphatic carbocycles. The van der Waals surface area contributed by atoms with E-state index in [1.54, 1.807) is 12.1 Å². The fraction of sp³-hybridized carbons (Fsp3) is 0.200. The number of nitrogens with two attached hydrogens (primary N) is 1. The molecular weight excluding hydrogens is 394 g/mol. The van der Waals surface area contributed by atoms with E-state index in [9.17, 15) is 13.2 Å². The van der Waals surface area contributed by atoms with Crippen molar-refractivity contribution in [3.05, 3.63) is 63.2 Å². The van der Waals surface area contributed by atoms with Crippen molar-refractivity contribution >= 4 is 22.6 Å². The van der Waals surface area contributed by atoms with E-state index >= 15 is 0 Å². The first-order valence-corrected chi connectivity index (χ1v) is 7.27. The molecule has 0 aliphatic rings. The summed E-state index contributed by atoms with van der Waals surface area (Å²) in [6, 6.07) is 13.3. The number of halogens is 4. The molecule has 2 aromatic carbocycles. The Bertz CT molecular complexity index is 581. The Balaban J connectivity index is 2.02. The zero-order valence-corrected chi connectivity index (χ0v) is 13.1. The number of rotatable bonds is 4. The molecule has 0 bridgehead atoms. The fourth-order valence-corrected chi connectivity index (χ4v) is 2.27. The monoisotopic (exact) mass is 407 g/mol. The molecule has 2 aromatic rings. The maximum atomic E-state index is 12.1. The van der Waals surface area contributed by atoms with Crippen molar-refractivity contribution in [1.82, 2.24) is 0 Å². The number of hydrogen-bond acceptors (Lipinski definition) is 2. The zero-order valence-electron chi connectivity index (χ0n) is 10.9. The maximum Gasteiger partial charge on any atom is 0.573 e. The summed E-state index contributed by atoms with van der Waals surface area (Å²) in [5, 5.41) is 0. The summed E-state index contributed by atoms with van der Waals surface area (Å²) < 4.78 is 41.2. The minimum absolute atomic E-state index is 0.243. The van der Waals surface area contributed by atoms with E-state index in [-0.39, 0.29) is 11.8 Å². The molecule has 0 spiro atoms. The molecule has 0 radical (unpaired) electrons. The molecule has 0 heterocycles. The van der Waals surface area contributed by atoms with Crippen LogP contribution in [-0.2, 0) is 6.42 Å². The highest BCUT2D eigenvalue weighted by Crippen LogP contribution is 2.25. The summed E-state index contributed by atoms with van der Waals surface area (Å²) in [7, 11) is 0. The van der Waals surface area contributed by atoms with E-state index in [4.69, 9.17) is 5.73 Å². The van der Waals surface area contributed by atoms with Crippen molar-refractivity contribution in [3.63, 3.8) is 0 Å². The Morgan fingerprint density at radius 2 is 1.57 bits per heavy atom. The lowest BCUT2D eigenvalue weighted by atomic mass is 10.00. The highest BCUT2D eigenvalue weighted by atomic mass is 127. The molecule has 2 N–H and O–H groups in total. The van der Waals surface area contributed by atoms with Gasteiger partial charge in [-0.15, -0.1) is 13.2 Å². The van der Waals surface area contributed by atoms with Crippen LogP contribution in [0.5, 0.6) is 5.75 Å². The first-order valence-electron chi connectivity index (χ1n) is 6.19. The largest absolute Gasteiger partial charge is 0.573 e. The van der Waals surface area contributed by atoms with Gasteiger partial charge in [-0.2, -0.15) is 0 Å². The highest BCUT2D eigenvalue weighted by molar-refractivity contribution is 14.1. The predicted molar refractivity (Wildman–Crippen MR) is 82.9 cm³/mol. The summed E-state index contributed by atoms with van der Waals surface area (Å²) >= 11 is 2.22. The Morgan fingerprint density at radius 1 is 1.00 bits per heavy atom. The molecule has 2 rings (SSSR count). The van der Waals surface area contributed by atoms with Crippen LogP contribution in [0, 0.1) is 3.57 Å². The minimum atomic E-state index is -4.68. The van der Waals surface area contributed by atoms with E-state index < -0.39 is 6.36 Å². The Labute approximate surface area is 134 Å². The Kier molecular flexibility index (Phi) is 5.10. The van der Waals surface area contributed by atoms with Crippen LogP contribution in [0.1, 0.15) is 17.2 Å². The number of hydrogen-bond donors (Lipinski definition) is 1. The summed E-state index contributed by atoms with van der Waals surface area (Å²) in [6.45, 7) is 0. The second-order valence-corrected chi connectivity index (χ2v) is 5.80. The van der Waals surface area contributed by atoms with Crippen molar-refractivity contribution in [1.29, 1.82) is 0 Å². The van der Waals surface area contributed by atoms with Crippen LogP contribution in [0.25, 0.3) is 0 Å². The molecule has 0 amide bonds. The van der Waals surface area contributed by atoms with Gasteiger partial charge in [0.2, 0.25) is 0 Å². The van der Waals surface area contributed by atoms with Crippen molar-refractivity contribution in [3.8, 4) is 5.75 Å². The third-order valence-electron chi connectivity index (χ3n) is 2.91. The van der Waals surface area contributed by atoms with Crippen molar-refractivity contribution < 1.29 is 17.9 Å². The van der Waals surface area contributed by atoms with Gasteiger partial charge in [0.1, 0.15) is 5.75 Å². The Morgan fingerprint density at radius 3 is 2.10 bits per heavy atom. The second-order valence-electron chi connectivity index (χ2n) is 4.55. The lowest BCUT2D eigenvalue weighted by molar-refractivity contribution is -0.274. The van der Waals surface area contributed by atoms with Crippen molar-refractivity contribution in [2.75, 3.05) is 0 Å². The van der Waals surface area contributed by atoms with Gasteiger partial charge in [-0.1, -0.05) is 24.3 Å². The first-order chi connectivity index (χ1) is 9.83. The maximum absolute atomic E-state index is 12.1. The number of alkyl halides is 3. The van der Waals surface area contributed by atoms with Gasteiger partial charge in [-0.3, -0.25) is 0 Å². The topological polar surface area (TPSA) is 35.2 Å². The summed E-state index contributed by atoms with van der Waals surface area (Å²) in [5.74, 6) is -0.243. The van der Waals surface area contributed by atoms with Gasteiger partial charge >= 0.3 is 6.36 Å². The lowest BCUT2D eigenvalue weighted by Crippen LogP contribution is -2.17. The van der Waals surface area contributed by atoms with Crippen LogP contribution < -0.4 is 10.5 Å². The van der Waals surface area contributed by atoms with Crippen molar-refractivity contribution in [2.45, 2.75) is 18.8 Å². The van der Waals surface area contributed by atoms with Gasteiger partial charge in [0.05, 0.1) is 0 Å². The summed E-state index contributed by atoms with van der Waals surface area (Å²) in [5.41, 5.74) is 7.93. The van der Waals surface area contributed by atoms with Gasteiger partial charge in [-0.05, 0) is 64.4 Å². The smallest absolute Gasteiger partial charge is 0.406 e. The van der Waals surface area contributed by atoms with Crippen LogP contribution in [0.4, 0.5) is 13.2 Å². The number of benzene rings is 2. The van der Waals surface area contributed by atoms with E-state index in [1.165, 1.54) is 12.1 Å². The van der Waals surface area contributed by atoms with Gasteiger partial charge in [0.15, 0.2) is 0 Å². The SMILES string of the molecule is NC(Cc1ccc(I)cc1)c1ccc(OC(F)(F)F)cc1. The molecule has 0 saturated heterocycles. The molecule has 0 aromatic heterocycles. The number of ether oxygens (including phenoxy) is 1. The average molecular weight is 407 g/mol. The standard InChI is InChI=1S/C15H13F3INO/c16-15(17,18)21-13-7-3-11(4-8-13)14(20)9-10-1-5-12(19)6-2-10/h1-8,14H,9,20H2. The molecular formula is C15H13F3INO. The van der Waals surface area contributed by atoms with E-state index in [1.807, 2.05) is 24.3 Å². The third-order valence-corrected chi connectivity index (χ3v) is 3.63. The van der Waals surface area contributed by atoms with Gasteiger partial charge in [0, 0.05) is 9.61 Å². The molecule has 6 heteroatoms. The third kappa shape index (κ3) is 5.20. The molecule has 0 saturated carbocycles. The Hall–Kier alpha value is -1.28. The van der Waals surface area contributed by atoms with Crippen molar-refractivity contribution in [2.24, 2.45) is 5.73 Å². The first kappa shape index (κ1) is 16.1. The molecule has 112 valence electrons. The predicted octanol–water partition coefficient (Wildman–Crippen LogP) is 4.43. The normalized spacial score (nSPS) is 13.0. The zero-order chi connectivity index (χ0) is 15.5. The molecule has 1 unspecified atom stereocenters. The van der Waals surface area contributed by atoms with Crippen LogP contribution in [0.2, 0.25) is 0 Å². The lowest BCUT2D eigenvalue weighted by Gasteiger charge is -2.14. The van der Waals surface area contributed by atoms with Gasteiger partial charge in [0.25, 0.3) is 0 Å². The highest BCUT2D eigenvalue weighted by Gasteiger charge is 2.31. The molecule has 0 aliphatic heterocycles. The van der Waals surface area contributed by atoms with E-state index in [2.05, 4.69) is 27.3 Å². The summed E-state index contributed by atoms with van der Waals surface area (Å²) in [4.78, 5) is 0. The van der Waals surface area contributed by atoms with Gasteiger partial charge < -0.3 is 10.5 Å². The average Bonchev–Trinajstić information content (AvgIpc) is 2.40. The van der Waals surface area contributed by atoms with Crippen LogP contribution in [0.3, 0.4) is 0 Å². The van der Waals surface area contributed by atoms with E-state index in [0.29, 0.717) is 6.42 Å².